The number of methoxy groups -OCH3 is 1. The maximum atomic E-state index is 13.7. The Kier molecular flexibility index (Phi) is 8.18. The van der Waals surface area contributed by atoms with Crippen molar-refractivity contribution < 1.29 is 32.6 Å². The van der Waals surface area contributed by atoms with Gasteiger partial charge in [0.1, 0.15) is 5.75 Å². The summed E-state index contributed by atoms with van der Waals surface area (Å²) in [4.78, 5) is 24.1. The van der Waals surface area contributed by atoms with E-state index in [0.717, 1.165) is 0 Å². The molecule has 1 fully saturated rings. The number of amides is 1. The molecular weight excluding hydrogens is 396 g/mol. The van der Waals surface area contributed by atoms with Crippen LogP contribution in [0.2, 0.25) is 0 Å². The Balaban J connectivity index is 2.25. The Hall–Kier alpha value is -2.22. The molecule has 1 aromatic rings. The van der Waals surface area contributed by atoms with Crippen molar-refractivity contribution in [2.45, 2.75) is 59.9 Å². The molecule has 1 aliphatic heterocycles. The zero-order valence-corrected chi connectivity index (χ0v) is 18.3. The first-order chi connectivity index (χ1) is 14.1. The van der Waals surface area contributed by atoms with Crippen LogP contribution in [0, 0.1) is 23.7 Å². The summed E-state index contributed by atoms with van der Waals surface area (Å²) in [5.41, 5.74) is -0.0800. The summed E-state index contributed by atoms with van der Waals surface area (Å²) in [7, 11) is 1.28. The lowest BCUT2D eigenvalue weighted by atomic mass is 9.79. The highest BCUT2D eigenvalue weighted by molar-refractivity contribution is 5.92. The van der Waals surface area contributed by atoms with E-state index in [9.17, 15) is 18.4 Å². The summed E-state index contributed by atoms with van der Waals surface area (Å²) < 4.78 is 43.8. The fraction of sp³-hybridized carbons (Fsp3) is 0.636. The second-order valence-corrected chi connectivity index (χ2v) is 8.00. The maximum absolute atomic E-state index is 13.7. The van der Waals surface area contributed by atoms with Crippen LogP contribution < -0.4 is 10.1 Å². The van der Waals surface area contributed by atoms with Crippen molar-refractivity contribution in [3.63, 3.8) is 0 Å². The Morgan fingerprint density at radius 1 is 1.17 bits per heavy atom. The third-order valence-corrected chi connectivity index (χ3v) is 6.10. The van der Waals surface area contributed by atoms with Gasteiger partial charge in [-0.25, -0.2) is 13.6 Å². The molecule has 0 bridgehead atoms. The lowest BCUT2D eigenvalue weighted by molar-refractivity contribution is -0.222. The molecule has 0 radical (unpaired) electrons. The van der Waals surface area contributed by atoms with Crippen LogP contribution in [-0.4, -0.2) is 31.4 Å². The first kappa shape index (κ1) is 24.1. The van der Waals surface area contributed by atoms with Gasteiger partial charge in [0.05, 0.1) is 12.7 Å². The normalized spacial score (nSPS) is 27.4. The van der Waals surface area contributed by atoms with Crippen LogP contribution in [0.4, 0.5) is 14.5 Å². The number of benzene rings is 1. The van der Waals surface area contributed by atoms with Crippen LogP contribution in [0.25, 0.3) is 0 Å². The number of nitrogens with one attached hydrogen (secondary N) is 1. The van der Waals surface area contributed by atoms with E-state index in [1.165, 1.54) is 25.3 Å². The predicted molar refractivity (Wildman–Crippen MR) is 108 cm³/mol. The van der Waals surface area contributed by atoms with Crippen LogP contribution in [0.3, 0.4) is 0 Å². The van der Waals surface area contributed by atoms with Crippen molar-refractivity contribution in [1.29, 1.82) is 0 Å². The van der Waals surface area contributed by atoms with E-state index in [1.54, 1.807) is 6.92 Å². The monoisotopic (exact) mass is 427 g/mol. The first-order valence-electron chi connectivity index (χ1n) is 10.2. The lowest BCUT2D eigenvalue weighted by Crippen LogP contribution is -2.50. The molecule has 1 aliphatic rings. The zero-order chi connectivity index (χ0) is 22.6. The summed E-state index contributed by atoms with van der Waals surface area (Å²) in [6, 6.07) is 4.11. The molecular formula is C22H31F2NO5. The fourth-order valence-electron chi connectivity index (χ4n) is 3.40. The van der Waals surface area contributed by atoms with E-state index in [-0.39, 0.29) is 46.6 Å². The highest BCUT2D eigenvalue weighted by Crippen LogP contribution is 2.39. The van der Waals surface area contributed by atoms with Crippen molar-refractivity contribution in [3.8, 4) is 5.75 Å². The smallest absolute Gasteiger partial charge is 0.335 e. The number of anilines is 1. The molecule has 2 rings (SSSR count). The Morgan fingerprint density at radius 2 is 1.83 bits per heavy atom. The molecule has 1 N–H and O–H groups in total. The standard InChI is InChI=1S/C22H31F2NO5/c1-7-11(2)20(26)25-15-8-9-17(16(10-15)19(23)24)29-22-14(5)12(3)13(4)18(30-22)21(27)28-6/h8-14,18-19,22H,7H2,1-6H3,(H,25,26). The molecule has 1 heterocycles. The van der Waals surface area contributed by atoms with Crippen LogP contribution >= 0.6 is 0 Å². The number of hydrogen-bond acceptors (Lipinski definition) is 5. The van der Waals surface area contributed by atoms with Crippen LogP contribution in [-0.2, 0) is 19.1 Å². The van der Waals surface area contributed by atoms with Crippen molar-refractivity contribution in [2.75, 3.05) is 12.4 Å². The van der Waals surface area contributed by atoms with Gasteiger partial charge < -0.3 is 19.5 Å². The minimum Gasteiger partial charge on any atom is -0.467 e. The van der Waals surface area contributed by atoms with Crippen molar-refractivity contribution >= 4 is 17.6 Å². The van der Waals surface area contributed by atoms with Gasteiger partial charge in [-0.2, -0.15) is 0 Å². The minimum absolute atomic E-state index is 0.0388. The number of esters is 1. The van der Waals surface area contributed by atoms with Crippen LogP contribution in [0.1, 0.15) is 53.0 Å². The minimum atomic E-state index is -2.81. The van der Waals surface area contributed by atoms with Crippen molar-refractivity contribution in [1.82, 2.24) is 0 Å². The van der Waals surface area contributed by atoms with Gasteiger partial charge in [0.2, 0.25) is 12.2 Å². The second kappa shape index (κ2) is 10.2. The predicted octanol–water partition coefficient (Wildman–Crippen LogP) is 4.79. The van der Waals surface area contributed by atoms with Crippen LogP contribution in [0.5, 0.6) is 5.75 Å². The number of carbonyl (C=O) groups is 2. The average molecular weight is 427 g/mol. The molecule has 168 valence electrons. The Labute approximate surface area is 176 Å². The highest BCUT2D eigenvalue weighted by atomic mass is 19.3. The number of rotatable bonds is 7. The summed E-state index contributed by atoms with van der Waals surface area (Å²) in [6.07, 6.45) is -3.90. The number of halogens is 2. The SMILES string of the molecule is CCC(C)C(=O)Nc1ccc(OC2OC(C(=O)OC)C(C)C(C)C2C)c(C(F)F)c1. The summed E-state index contributed by atoms with van der Waals surface area (Å²) in [6.45, 7) is 9.38. The summed E-state index contributed by atoms with van der Waals surface area (Å²) in [5, 5.41) is 2.65. The molecule has 30 heavy (non-hydrogen) atoms. The quantitative estimate of drug-likeness (QED) is 0.633. The zero-order valence-electron chi connectivity index (χ0n) is 18.3. The van der Waals surface area contributed by atoms with Crippen LogP contribution in [0.15, 0.2) is 18.2 Å². The molecule has 8 heteroatoms. The van der Waals surface area contributed by atoms with E-state index < -0.39 is 24.8 Å². The third-order valence-electron chi connectivity index (χ3n) is 6.10. The summed E-state index contributed by atoms with van der Waals surface area (Å²) >= 11 is 0. The molecule has 0 spiro atoms. The van der Waals surface area contributed by atoms with E-state index in [2.05, 4.69) is 5.32 Å². The van der Waals surface area contributed by atoms with Gasteiger partial charge in [-0.05, 0) is 36.5 Å². The van der Waals surface area contributed by atoms with Gasteiger partial charge in [0, 0.05) is 17.5 Å². The molecule has 0 saturated carbocycles. The van der Waals surface area contributed by atoms with Gasteiger partial charge >= 0.3 is 5.97 Å². The Bertz CT molecular complexity index is 757. The lowest BCUT2D eigenvalue weighted by Gasteiger charge is -2.42. The van der Waals surface area contributed by atoms with Gasteiger partial charge in [0.15, 0.2) is 6.10 Å². The van der Waals surface area contributed by atoms with E-state index >= 15 is 0 Å². The Morgan fingerprint density at radius 3 is 2.40 bits per heavy atom. The third kappa shape index (κ3) is 5.28. The van der Waals surface area contributed by atoms with Gasteiger partial charge in [-0.3, -0.25) is 4.79 Å². The number of ether oxygens (including phenoxy) is 3. The molecule has 0 aliphatic carbocycles. The van der Waals surface area contributed by atoms with Gasteiger partial charge in [-0.1, -0.05) is 34.6 Å². The van der Waals surface area contributed by atoms with E-state index in [4.69, 9.17) is 14.2 Å². The van der Waals surface area contributed by atoms with Gasteiger partial charge in [0.25, 0.3) is 6.43 Å². The summed E-state index contributed by atoms with van der Waals surface area (Å²) in [5.74, 6) is -1.25. The largest absolute Gasteiger partial charge is 0.467 e. The molecule has 6 nitrogen and oxygen atoms in total. The molecule has 6 unspecified atom stereocenters. The maximum Gasteiger partial charge on any atom is 0.335 e. The topological polar surface area (TPSA) is 73.9 Å². The molecule has 1 aromatic carbocycles. The van der Waals surface area contributed by atoms with Gasteiger partial charge in [-0.15, -0.1) is 0 Å². The fourth-order valence-corrected chi connectivity index (χ4v) is 3.40. The molecule has 0 aromatic heterocycles. The molecule has 1 amide bonds. The molecule has 1 saturated heterocycles. The van der Waals surface area contributed by atoms with E-state index in [1.807, 2.05) is 27.7 Å². The number of hydrogen-bond donors (Lipinski definition) is 1. The average Bonchev–Trinajstić information content (AvgIpc) is 2.73. The number of alkyl halides is 2. The molecule has 6 atom stereocenters. The highest BCUT2D eigenvalue weighted by Gasteiger charge is 2.44. The van der Waals surface area contributed by atoms with E-state index in [0.29, 0.717) is 6.42 Å². The first-order valence-corrected chi connectivity index (χ1v) is 10.2. The second-order valence-electron chi connectivity index (χ2n) is 8.00. The van der Waals surface area contributed by atoms with Crippen molar-refractivity contribution in [2.24, 2.45) is 23.7 Å². The van der Waals surface area contributed by atoms with Crippen molar-refractivity contribution in [3.05, 3.63) is 23.8 Å². The number of carbonyl (C=O) groups excluding carboxylic acids is 2.